The van der Waals surface area contributed by atoms with E-state index in [4.69, 9.17) is 9.47 Å². The van der Waals surface area contributed by atoms with Crippen LogP contribution in [0, 0.1) is 29.1 Å². The summed E-state index contributed by atoms with van der Waals surface area (Å²) in [6.45, 7) is 6.55. The van der Waals surface area contributed by atoms with E-state index in [1.807, 2.05) is 13.8 Å². The lowest BCUT2D eigenvalue weighted by molar-refractivity contribution is -0.219. The van der Waals surface area contributed by atoms with Crippen LogP contribution in [0.5, 0.6) is 11.5 Å². The summed E-state index contributed by atoms with van der Waals surface area (Å²) in [6, 6.07) is 4.54. The quantitative estimate of drug-likeness (QED) is 0.282. The number of rotatable bonds is 5. The summed E-state index contributed by atoms with van der Waals surface area (Å²) < 4.78 is 11.2. The highest BCUT2D eigenvalue weighted by molar-refractivity contribution is 6.04. The Morgan fingerprint density at radius 1 is 1.18 bits per heavy atom. The second-order valence-electron chi connectivity index (χ2n) is 12.0. The largest absolute Gasteiger partial charge is 0.504 e. The molecule has 0 unspecified atom stereocenters. The van der Waals surface area contributed by atoms with Gasteiger partial charge >= 0.3 is 5.97 Å². The molecule has 38 heavy (non-hydrogen) atoms. The van der Waals surface area contributed by atoms with Crippen LogP contribution in [0.15, 0.2) is 41.5 Å². The molecule has 4 aliphatic rings. The van der Waals surface area contributed by atoms with E-state index < -0.39 is 70.4 Å². The van der Waals surface area contributed by atoms with Crippen molar-refractivity contribution in [3.05, 3.63) is 47.1 Å². The topological polar surface area (TPSA) is 154 Å². The molecule has 0 radical (unpaired) electrons. The average molecular weight is 529 g/mol. The standard InChI is InChI=1S/C29H36O9/c1-14-8-21-27(35,24(14)33)12-17(13-30)9-18-23-26(3,4)29(23,25(34)15(2)28(18,21)36)38-22(32)11-16-6-7-19(31)20(10-16)37-5/h6-10,15,18,21,23,25,30-31,34-36H,11-13H2,1-5H3/t15-,18+,21-,23-,25-,27-,28-,29-/m1/s1. The third-order valence-corrected chi connectivity index (χ3v) is 9.87. The van der Waals surface area contributed by atoms with E-state index in [0.717, 1.165) is 0 Å². The lowest BCUT2D eigenvalue weighted by Gasteiger charge is -2.52. The fraction of sp³-hybridized carbons (Fsp3) is 0.586. The predicted octanol–water partition coefficient (Wildman–Crippen LogP) is 1.44. The molecule has 0 aromatic heterocycles. The Morgan fingerprint density at radius 2 is 1.87 bits per heavy atom. The van der Waals surface area contributed by atoms with Crippen molar-refractivity contribution in [3.63, 3.8) is 0 Å². The first kappa shape index (κ1) is 26.9. The van der Waals surface area contributed by atoms with Crippen molar-refractivity contribution in [3.8, 4) is 11.5 Å². The van der Waals surface area contributed by atoms with Gasteiger partial charge in [-0.25, -0.2) is 0 Å². The molecule has 0 heterocycles. The van der Waals surface area contributed by atoms with Gasteiger partial charge in [0.05, 0.1) is 31.8 Å². The van der Waals surface area contributed by atoms with Gasteiger partial charge in [-0.15, -0.1) is 0 Å². The van der Waals surface area contributed by atoms with E-state index in [-0.39, 0.29) is 24.3 Å². The van der Waals surface area contributed by atoms with E-state index >= 15 is 0 Å². The smallest absolute Gasteiger partial charge is 0.310 e. The fourth-order valence-corrected chi connectivity index (χ4v) is 7.89. The minimum Gasteiger partial charge on any atom is -0.504 e. The number of carbonyl (C=O) groups is 2. The van der Waals surface area contributed by atoms with Gasteiger partial charge in [0.1, 0.15) is 11.2 Å². The summed E-state index contributed by atoms with van der Waals surface area (Å²) in [5, 5.41) is 55.7. The number of fused-ring (bicyclic) bond motifs is 5. The summed E-state index contributed by atoms with van der Waals surface area (Å²) in [7, 11) is 1.41. The summed E-state index contributed by atoms with van der Waals surface area (Å²) in [5.41, 5.74) is -4.48. The van der Waals surface area contributed by atoms with Gasteiger partial charge in [0.15, 0.2) is 17.3 Å². The van der Waals surface area contributed by atoms with Crippen molar-refractivity contribution >= 4 is 11.8 Å². The van der Waals surface area contributed by atoms with Crippen LogP contribution in [-0.2, 0) is 20.7 Å². The van der Waals surface area contributed by atoms with Gasteiger partial charge in [0.2, 0.25) is 0 Å². The fourth-order valence-electron chi connectivity index (χ4n) is 7.89. The molecule has 2 saturated carbocycles. The van der Waals surface area contributed by atoms with Crippen molar-refractivity contribution in [2.24, 2.45) is 29.1 Å². The number of Topliss-reactive ketones (excluding diaryl/α,β-unsaturated/α-hetero) is 1. The number of ether oxygens (including phenoxy) is 2. The number of ketones is 1. The molecule has 4 aliphatic carbocycles. The number of phenols is 1. The highest BCUT2D eigenvalue weighted by Crippen LogP contribution is 2.76. The molecule has 2 fully saturated rings. The van der Waals surface area contributed by atoms with Crippen molar-refractivity contribution in [2.45, 2.75) is 63.4 Å². The number of esters is 1. The Kier molecular flexibility index (Phi) is 5.93. The normalized spacial score (nSPS) is 40.7. The van der Waals surface area contributed by atoms with E-state index in [1.165, 1.54) is 19.2 Å². The van der Waals surface area contributed by atoms with Crippen LogP contribution in [0.1, 0.15) is 39.7 Å². The molecule has 5 rings (SSSR count). The number of carbonyl (C=O) groups excluding carboxylic acids is 2. The Bertz CT molecular complexity index is 1260. The lowest BCUT2D eigenvalue weighted by Crippen LogP contribution is -2.65. The number of benzene rings is 1. The molecular weight excluding hydrogens is 492 g/mol. The number of phenolic OH excluding ortho intramolecular Hbond substituents is 1. The van der Waals surface area contributed by atoms with Crippen LogP contribution < -0.4 is 4.74 Å². The molecule has 0 amide bonds. The van der Waals surface area contributed by atoms with Crippen molar-refractivity contribution < 1.29 is 44.6 Å². The number of hydrogen-bond donors (Lipinski definition) is 5. The molecule has 5 N–H and O–H groups in total. The summed E-state index contributed by atoms with van der Waals surface area (Å²) in [6.07, 6.45) is 1.74. The molecule has 1 aromatic carbocycles. The maximum Gasteiger partial charge on any atom is 0.310 e. The van der Waals surface area contributed by atoms with Crippen molar-refractivity contribution in [2.75, 3.05) is 13.7 Å². The maximum atomic E-state index is 13.2. The molecule has 206 valence electrons. The zero-order valence-corrected chi connectivity index (χ0v) is 22.3. The van der Waals surface area contributed by atoms with E-state index in [2.05, 4.69) is 0 Å². The monoisotopic (exact) mass is 528 g/mol. The van der Waals surface area contributed by atoms with Crippen LogP contribution in [0.3, 0.4) is 0 Å². The third kappa shape index (κ3) is 3.25. The second-order valence-corrected chi connectivity index (χ2v) is 12.0. The molecule has 9 nitrogen and oxygen atoms in total. The Labute approximate surface area is 221 Å². The third-order valence-electron chi connectivity index (χ3n) is 9.87. The number of aliphatic hydroxyl groups is 4. The number of aliphatic hydroxyl groups excluding tert-OH is 2. The number of methoxy groups -OCH3 is 1. The van der Waals surface area contributed by atoms with E-state index in [0.29, 0.717) is 16.7 Å². The Balaban J connectivity index is 1.54. The minimum atomic E-state index is -1.94. The minimum absolute atomic E-state index is 0.0584. The number of aromatic hydroxyl groups is 1. The summed E-state index contributed by atoms with van der Waals surface area (Å²) in [4.78, 5) is 26.3. The number of hydrogen-bond acceptors (Lipinski definition) is 9. The van der Waals surface area contributed by atoms with Crippen LogP contribution >= 0.6 is 0 Å². The molecule has 8 atom stereocenters. The van der Waals surface area contributed by atoms with Gasteiger partial charge in [-0.3, -0.25) is 9.59 Å². The molecular formula is C29H36O9. The van der Waals surface area contributed by atoms with Crippen LogP contribution in [-0.4, -0.2) is 73.9 Å². The Morgan fingerprint density at radius 3 is 2.50 bits per heavy atom. The van der Waals surface area contributed by atoms with Crippen molar-refractivity contribution in [1.29, 1.82) is 0 Å². The SMILES string of the molecule is COc1cc(CC(=O)O[C@@]23[C@H](O)[C@@H](C)[C@@]4(O)[C@@H](C=C(CO)C[C@]5(O)C(=O)C(C)=C[C@@H]45)[C@@H]2C3(C)C)ccc1O. The van der Waals surface area contributed by atoms with Crippen LogP contribution in [0.4, 0.5) is 0 Å². The molecule has 0 spiro atoms. The first-order valence-electron chi connectivity index (χ1n) is 12.9. The van der Waals surface area contributed by atoms with E-state index in [9.17, 15) is 35.1 Å². The first-order valence-corrected chi connectivity index (χ1v) is 12.9. The van der Waals surface area contributed by atoms with Crippen LogP contribution in [0.2, 0.25) is 0 Å². The molecule has 0 bridgehead atoms. The van der Waals surface area contributed by atoms with Gasteiger partial charge < -0.3 is 35.0 Å². The average Bonchev–Trinajstić information content (AvgIpc) is 3.29. The van der Waals surface area contributed by atoms with Crippen molar-refractivity contribution in [1.82, 2.24) is 0 Å². The lowest BCUT2D eigenvalue weighted by atomic mass is 9.59. The van der Waals surface area contributed by atoms with Gasteiger partial charge in [-0.1, -0.05) is 39.0 Å². The van der Waals surface area contributed by atoms with Gasteiger partial charge in [0.25, 0.3) is 0 Å². The highest BCUT2D eigenvalue weighted by Gasteiger charge is 2.86. The van der Waals surface area contributed by atoms with Gasteiger partial charge in [-0.05, 0) is 35.8 Å². The summed E-state index contributed by atoms with van der Waals surface area (Å²) in [5.74, 6) is -4.09. The Hall–Kier alpha value is -2.72. The maximum absolute atomic E-state index is 13.2. The molecule has 1 aromatic rings. The van der Waals surface area contributed by atoms with E-state index in [1.54, 1.807) is 32.1 Å². The summed E-state index contributed by atoms with van der Waals surface area (Å²) >= 11 is 0. The zero-order valence-electron chi connectivity index (χ0n) is 22.3. The van der Waals surface area contributed by atoms with Gasteiger partial charge in [-0.2, -0.15) is 0 Å². The highest BCUT2D eigenvalue weighted by atomic mass is 16.6. The zero-order chi connectivity index (χ0) is 28.0. The molecule has 0 saturated heterocycles. The van der Waals surface area contributed by atoms with Crippen LogP contribution in [0.25, 0.3) is 0 Å². The second kappa shape index (κ2) is 8.39. The first-order chi connectivity index (χ1) is 17.7. The molecule has 9 heteroatoms. The van der Waals surface area contributed by atoms with Gasteiger partial charge in [0, 0.05) is 35.5 Å². The predicted molar refractivity (Wildman–Crippen MR) is 135 cm³/mol. The molecule has 0 aliphatic heterocycles.